The Kier molecular flexibility index (Phi) is 9.19. The number of ketones is 1. The monoisotopic (exact) mass is 460 g/mol. The van der Waals surface area contributed by atoms with Crippen LogP contribution in [0.3, 0.4) is 0 Å². The van der Waals surface area contributed by atoms with Crippen LogP contribution >= 0.6 is 17.0 Å². The molecule has 0 unspecified atom stereocenters. The summed E-state index contributed by atoms with van der Waals surface area (Å²) in [6.07, 6.45) is 4.27. The predicted molar refractivity (Wildman–Crippen MR) is 123 cm³/mol. The summed E-state index contributed by atoms with van der Waals surface area (Å²) in [5.41, 5.74) is 1.64. The second-order valence-corrected chi connectivity index (χ2v) is 6.77. The molecule has 1 aliphatic heterocycles. The van der Waals surface area contributed by atoms with Crippen molar-refractivity contribution in [2.45, 2.75) is 32.6 Å². The van der Waals surface area contributed by atoms with Crippen LogP contribution in [-0.2, 0) is 0 Å². The number of hydrogen-bond acceptors (Lipinski definition) is 5. The standard InChI is InChI=1S/C23H28N2O3.BrH/c1-3-28-21-14-10-19(11-15-21)25(23-7-5-4-6-16-24-23)17-22(26)18-8-12-20(27-2)13-9-18;/h8-15H,3-7,16-17H2,1-2H3;1H. The molecule has 29 heavy (non-hydrogen) atoms. The number of aliphatic imine (C=N–C) groups is 1. The Morgan fingerprint density at radius 2 is 1.69 bits per heavy atom. The number of ether oxygens (including phenoxy) is 2. The Labute approximate surface area is 183 Å². The molecule has 0 aromatic heterocycles. The zero-order valence-corrected chi connectivity index (χ0v) is 18.8. The van der Waals surface area contributed by atoms with Crippen molar-refractivity contribution < 1.29 is 14.3 Å². The van der Waals surface area contributed by atoms with Crippen LogP contribution in [0.25, 0.3) is 0 Å². The van der Waals surface area contributed by atoms with Crippen LogP contribution in [-0.4, -0.2) is 38.4 Å². The number of methoxy groups -OCH3 is 1. The van der Waals surface area contributed by atoms with E-state index in [0.29, 0.717) is 12.2 Å². The summed E-state index contributed by atoms with van der Waals surface area (Å²) in [4.78, 5) is 19.8. The van der Waals surface area contributed by atoms with Crippen molar-refractivity contribution in [3.05, 3.63) is 54.1 Å². The van der Waals surface area contributed by atoms with Crippen LogP contribution in [0.2, 0.25) is 0 Å². The minimum Gasteiger partial charge on any atom is -0.497 e. The van der Waals surface area contributed by atoms with E-state index in [4.69, 9.17) is 14.5 Å². The van der Waals surface area contributed by atoms with Gasteiger partial charge in [-0.15, -0.1) is 17.0 Å². The SMILES string of the molecule is Br.CCOc1ccc(N(CC(=O)c2ccc(OC)cc2)C2=NCCCCC2)cc1. The number of carbonyl (C=O) groups is 1. The maximum Gasteiger partial charge on any atom is 0.182 e. The molecule has 0 atom stereocenters. The van der Waals surface area contributed by atoms with Crippen LogP contribution in [0.15, 0.2) is 53.5 Å². The molecule has 0 radical (unpaired) electrons. The second kappa shape index (κ2) is 11.6. The number of hydrogen-bond donors (Lipinski definition) is 0. The highest BCUT2D eigenvalue weighted by atomic mass is 79.9. The third-order valence-corrected chi connectivity index (χ3v) is 4.84. The molecule has 5 nitrogen and oxygen atoms in total. The van der Waals surface area contributed by atoms with Gasteiger partial charge in [0.2, 0.25) is 0 Å². The molecule has 0 amide bonds. The number of nitrogens with zero attached hydrogens (tertiary/aromatic N) is 2. The first-order valence-corrected chi connectivity index (χ1v) is 9.92. The Balaban J connectivity index is 0.00000300. The summed E-state index contributed by atoms with van der Waals surface area (Å²) in [6, 6.07) is 15.1. The second-order valence-electron chi connectivity index (χ2n) is 6.77. The first-order valence-electron chi connectivity index (χ1n) is 9.92. The third kappa shape index (κ3) is 6.32. The van der Waals surface area contributed by atoms with Crippen molar-refractivity contribution in [2.75, 3.05) is 31.7 Å². The lowest BCUT2D eigenvalue weighted by atomic mass is 10.1. The molecule has 0 bridgehead atoms. The highest BCUT2D eigenvalue weighted by Gasteiger charge is 2.19. The van der Waals surface area contributed by atoms with Gasteiger partial charge < -0.3 is 14.4 Å². The van der Waals surface area contributed by atoms with E-state index < -0.39 is 0 Å². The summed E-state index contributed by atoms with van der Waals surface area (Å²) in [6.45, 7) is 3.68. The number of amidine groups is 1. The van der Waals surface area contributed by atoms with Crippen LogP contribution in [0.4, 0.5) is 5.69 Å². The van der Waals surface area contributed by atoms with Gasteiger partial charge in [-0.1, -0.05) is 6.42 Å². The van der Waals surface area contributed by atoms with Crippen LogP contribution < -0.4 is 14.4 Å². The summed E-state index contributed by atoms with van der Waals surface area (Å²) >= 11 is 0. The normalized spacial score (nSPS) is 13.5. The molecular formula is C23H29BrN2O3. The molecule has 3 rings (SSSR count). The van der Waals surface area contributed by atoms with E-state index in [1.165, 1.54) is 6.42 Å². The number of Topliss-reactive ketones (excluding diaryl/α,β-unsaturated/α-hetero) is 1. The van der Waals surface area contributed by atoms with Crippen LogP contribution in [0.1, 0.15) is 43.0 Å². The molecule has 0 saturated heterocycles. The lowest BCUT2D eigenvalue weighted by Gasteiger charge is -2.26. The molecule has 0 spiro atoms. The predicted octanol–water partition coefficient (Wildman–Crippen LogP) is 5.33. The largest absolute Gasteiger partial charge is 0.497 e. The van der Waals surface area contributed by atoms with E-state index in [9.17, 15) is 4.79 Å². The molecule has 0 fully saturated rings. The minimum atomic E-state index is 0. The first-order chi connectivity index (χ1) is 13.7. The Morgan fingerprint density at radius 3 is 2.34 bits per heavy atom. The van der Waals surface area contributed by atoms with Crippen molar-refractivity contribution in [1.29, 1.82) is 0 Å². The Morgan fingerprint density at radius 1 is 1.00 bits per heavy atom. The average molecular weight is 461 g/mol. The summed E-state index contributed by atoms with van der Waals surface area (Å²) in [7, 11) is 1.62. The van der Waals surface area contributed by atoms with Gasteiger partial charge in [-0.2, -0.15) is 0 Å². The molecule has 6 heteroatoms. The molecule has 1 aliphatic rings. The summed E-state index contributed by atoms with van der Waals surface area (Å²) in [5.74, 6) is 2.62. The number of carbonyl (C=O) groups excluding carboxylic acids is 1. The van der Waals surface area contributed by atoms with Gasteiger partial charge in [-0.3, -0.25) is 9.79 Å². The van der Waals surface area contributed by atoms with Gasteiger partial charge in [-0.25, -0.2) is 0 Å². The maximum atomic E-state index is 13.0. The van der Waals surface area contributed by atoms with Crippen molar-refractivity contribution in [3.63, 3.8) is 0 Å². The number of anilines is 1. The summed E-state index contributed by atoms with van der Waals surface area (Å²) < 4.78 is 10.7. The van der Waals surface area contributed by atoms with E-state index in [1.54, 1.807) is 7.11 Å². The lowest BCUT2D eigenvalue weighted by Crippen LogP contribution is -2.36. The highest BCUT2D eigenvalue weighted by Crippen LogP contribution is 2.23. The summed E-state index contributed by atoms with van der Waals surface area (Å²) in [5, 5.41) is 0. The van der Waals surface area contributed by atoms with Crippen molar-refractivity contribution in [3.8, 4) is 11.5 Å². The van der Waals surface area contributed by atoms with Gasteiger partial charge in [0.25, 0.3) is 0 Å². The van der Waals surface area contributed by atoms with E-state index in [-0.39, 0.29) is 29.3 Å². The molecule has 0 saturated carbocycles. The Bertz CT molecular complexity index is 804. The highest BCUT2D eigenvalue weighted by molar-refractivity contribution is 8.93. The molecule has 156 valence electrons. The zero-order chi connectivity index (χ0) is 19.8. The quantitative estimate of drug-likeness (QED) is 0.523. The maximum absolute atomic E-state index is 13.0. The lowest BCUT2D eigenvalue weighted by molar-refractivity contribution is 0.100. The van der Waals surface area contributed by atoms with Gasteiger partial charge in [0.05, 0.1) is 20.3 Å². The van der Waals surface area contributed by atoms with E-state index in [0.717, 1.165) is 48.8 Å². The van der Waals surface area contributed by atoms with E-state index in [1.807, 2.05) is 60.4 Å². The molecule has 1 heterocycles. The van der Waals surface area contributed by atoms with Crippen LogP contribution in [0, 0.1) is 0 Å². The Hall–Kier alpha value is -2.34. The van der Waals surface area contributed by atoms with Crippen LogP contribution in [0.5, 0.6) is 11.5 Å². The molecule has 0 aliphatic carbocycles. The number of rotatable bonds is 7. The van der Waals surface area contributed by atoms with Gasteiger partial charge in [-0.05, 0) is 68.3 Å². The topological polar surface area (TPSA) is 51.1 Å². The molecule has 2 aromatic carbocycles. The van der Waals surface area contributed by atoms with Crippen molar-refractivity contribution in [2.24, 2.45) is 4.99 Å². The van der Waals surface area contributed by atoms with Gasteiger partial charge in [0.1, 0.15) is 17.3 Å². The van der Waals surface area contributed by atoms with Gasteiger partial charge >= 0.3 is 0 Å². The van der Waals surface area contributed by atoms with Crippen molar-refractivity contribution >= 4 is 34.3 Å². The smallest absolute Gasteiger partial charge is 0.182 e. The zero-order valence-electron chi connectivity index (χ0n) is 17.1. The fraction of sp³-hybridized carbons (Fsp3) is 0.391. The number of benzene rings is 2. The minimum absolute atomic E-state index is 0. The van der Waals surface area contributed by atoms with E-state index in [2.05, 4.69) is 0 Å². The molecular weight excluding hydrogens is 432 g/mol. The fourth-order valence-corrected chi connectivity index (χ4v) is 3.31. The average Bonchev–Trinajstić information content (AvgIpc) is 3.02. The fourth-order valence-electron chi connectivity index (χ4n) is 3.31. The van der Waals surface area contributed by atoms with E-state index >= 15 is 0 Å². The molecule has 2 aromatic rings. The third-order valence-electron chi connectivity index (χ3n) is 4.84. The first kappa shape index (κ1) is 22.9. The number of halogens is 1. The van der Waals surface area contributed by atoms with Gasteiger partial charge in [0.15, 0.2) is 5.78 Å². The van der Waals surface area contributed by atoms with Crippen molar-refractivity contribution in [1.82, 2.24) is 0 Å². The molecule has 0 N–H and O–H groups in total. The van der Waals surface area contributed by atoms with Gasteiger partial charge in [0, 0.05) is 24.2 Å².